The number of rotatable bonds is 6. The molecule has 0 aliphatic carbocycles. The smallest absolute Gasteiger partial charge is 0.335 e. The molecule has 0 radical (unpaired) electrons. The molecule has 6 nitrogen and oxygen atoms in total. The number of hydrogen-bond donors (Lipinski definition) is 1. The fourth-order valence-corrected chi connectivity index (χ4v) is 2.69. The fourth-order valence-electron chi connectivity index (χ4n) is 2.69. The highest BCUT2D eigenvalue weighted by Crippen LogP contribution is 2.20. The van der Waals surface area contributed by atoms with Crippen molar-refractivity contribution in [2.45, 2.75) is 32.4 Å². The molecular formula is C16H20N2O4. The van der Waals surface area contributed by atoms with Crippen molar-refractivity contribution in [3.63, 3.8) is 0 Å². The molecule has 1 saturated heterocycles. The van der Waals surface area contributed by atoms with E-state index in [-0.39, 0.29) is 23.8 Å². The van der Waals surface area contributed by atoms with Gasteiger partial charge in [-0.05, 0) is 30.7 Å². The molecule has 0 aromatic heterocycles. The van der Waals surface area contributed by atoms with E-state index in [0.29, 0.717) is 13.1 Å². The molecule has 1 aliphatic rings. The zero-order valence-corrected chi connectivity index (χ0v) is 12.8. The van der Waals surface area contributed by atoms with E-state index in [1.807, 2.05) is 17.9 Å². The van der Waals surface area contributed by atoms with E-state index in [1.165, 1.54) is 18.0 Å². The van der Waals surface area contributed by atoms with Crippen LogP contribution in [0.1, 0.15) is 35.7 Å². The lowest BCUT2D eigenvalue weighted by atomic mass is 10.1. The van der Waals surface area contributed by atoms with Crippen LogP contribution in [0.2, 0.25) is 0 Å². The second kappa shape index (κ2) is 6.70. The molecule has 22 heavy (non-hydrogen) atoms. The van der Waals surface area contributed by atoms with E-state index in [9.17, 15) is 14.4 Å². The first kappa shape index (κ1) is 16.2. The predicted octanol–water partition coefficient (Wildman–Crippen LogP) is 1.35. The maximum absolute atomic E-state index is 12.2. The number of imide groups is 1. The Labute approximate surface area is 129 Å². The first-order chi connectivity index (χ1) is 10.4. The summed E-state index contributed by atoms with van der Waals surface area (Å²) >= 11 is 0. The van der Waals surface area contributed by atoms with Crippen molar-refractivity contribution in [3.8, 4) is 0 Å². The van der Waals surface area contributed by atoms with Crippen LogP contribution in [0.3, 0.4) is 0 Å². The van der Waals surface area contributed by atoms with Crippen LogP contribution >= 0.6 is 0 Å². The number of carbonyl (C=O) groups is 3. The van der Waals surface area contributed by atoms with Crippen LogP contribution in [0.25, 0.3) is 0 Å². The Morgan fingerprint density at radius 1 is 1.41 bits per heavy atom. The Morgan fingerprint density at radius 3 is 2.68 bits per heavy atom. The number of likely N-dealkylation sites (N-methyl/N-ethyl adjacent to an activating group) is 1. The molecule has 118 valence electrons. The molecule has 0 saturated carbocycles. The summed E-state index contributed by atoms with van der Waals surface area (Å²) in [6, 6.07) is 6.21. The van der Waals surface area contributed by atoms with Crippen molar-refractivity contribution in [3.05, 3.63) is 35.4 Å². The number of hydrogen-bond acceptors (Lipinski definition) is 4. The summed E-state index contributed by atoms with van der Waals surface area (Å²) in [6.07, 6.45) is 1.04. The van der Waals surface area contributed by atoms with Crippen LogP contribution in [0.4, 0.5) is 0 Å². The Bertz CT molecular complexity index is 600. The molecule has 0 spiro atoms. The minimum Gasteiger partial charge on any atom is -0.478 e. The van der Waals surface area contributed by atoms with E-state index in [4.69, 9.17) is 5.11 Å². The van der Waals surface area contributed by atoms with Crippen LogP contribution in [0.15, 0.2) is 24.3 Å². The van der Waals surface area contributed by atoms with Crippen LogP contribution in [-0.4, -0.2) is 52.3 Å². The van der Waals surface area contributed by atoms with Gasteiger partial charge < -0.3 is 5.11 Å². The molecule has 2 rings (SSSR count). The highest BCUT2D eigenvalue weighted by molar-refractivity contribution is 6.05. The molecule has 0 bridgehead atoms. The van der Waals surface area contributed by atoms with Crippen molar-refractivity contribution in [1.82, 2.24) is 9.80 Å². The molecule has 1 N–H and O–H groups in total. The van der Waals surface area contributed by atoms with Crippen LogP contribution in [-0.2, 0) is 16.1 Å². The SMILES string of the molecule is CCCN(Cc1cccc(C(=O)O)c1)C1CC(=O)N(C)C1=O. The first-order valence-corrected chi connectivity index (χ1v) is 7.30. The molecule has 1 aromatic carbocycles. The highest BCUT2D eigenvalue weighted by atomic mass is 16.4. The van der Waals surface area contributed by atoms with Gasteiger partial charge in [0.15, 0.2) is 0 Å². The molecule has 1 unspecified atom stereocenters. The molecule has 1 aliphatic heterocycles. The quantitative estimate of drug-likeness (QED) is 0.803. The monoisotopic (exact) mass is 304 g/mol. The number of nitrogens with zero attached hydrogens (tertiary/aromatic N) is 2. The van der Waals surface area contributed by atoms with Crippen molar-refractivity contribution < 1.29 is 19.5 Å². The van der Waals surface area contributed by atoms with Gasteiger partial charge in [0.2, 0.25) is 11.8 Å². The van der Waals surface area contributed by atoms with Gasteiger partial charge in [-0.2, -0.15) is 0 Å². The third-order valence-electron chi connectivity index (χ3n) is 3.87. The van der Waals surface area contributed by atoms with Crippen molar-refractivity contribution in [1.29, 1.82) is 0 Å². The van der Waals surface area contributed by atoms with Gasteiger partial charge in [0, 0.05) is 13.6 Å². The van der Waals surface area contributed by atoms with Gasteiger partial charge in [-0.15, -0.1) is 0 Å². The van der Waals surface area contributed by atoms with Crippen LogP contribution in [0, 0.1) is 0 Å². The van der Waals surface area contributed by atoms with Gasteiger partial charge in [-0.25, -0.2) is 4.79 Å². The van der Waals surface area contributed by atoms with Crippen molar-refractivity contribution in [2.75, 3.05) is 13.6 Å². The highest BCUT2D eigenvalue weighted by Gasteiger charge is 2.39. The number of likely N-dealkylation sites (tertiary alicyclic amines) is 1. The lowest BCUT2D eigenvalue weighted by Crippen LogP contribution is -2.41. The third-order valence-corrected chi connectivity index (χ3v) is 3.87. The maximum atomic E-state index is 12.2. The molecule has 1 fully saturated rings. The van der Waals surface area contributed by atoms with Gasteiger partial charge in [-0.1, -0.05) is 19.1 Å². The number of carboxylic acid groups (broad SMARTS) is 1. The van der Waals surface area contributed by atoms with E-state index in [1.54, 1.807) is 12.1 Å². The predicted molar refractivity (Wildman–Crippen MR) is 80.3 cm³/mol. The van der Waals surface area contributed by atoms with Crippen molar-refractivity contribution in [2.24, 2.45) is 0 Å². The number of benzene rings is 1. The Kier molecular flexibility index (Phi) is 4.92. The Balaban J connectivity index is 2.19. The fraction of sp³-hybridized carbons (Fsp3) is 0.438. The summed E-state index contributed by atoms with van der Waals surface area (Å²) in [5, 5.41) is 9.05. The number of carboxylic acids is 1. The normalized spacial score (nSPS) is 18.3. The zero-order valence-electron chi connectivity index (χ0n) is 12.8. The number of aromatic carboxylic acids is 1. The first-order valence-electron chi connectivity index (χ1n) is 7.30. The standard InChI is InChI=1S/C16H20N2O4/c1-3-7-18(13-9-14(19)17(2)15(13)20)10-11-5-4-6-12(8-11)16(21)22/h4-6,8,13H,3,7,9-10H2,1-2H3,(H,21,22). The topological polar surface area (TPSA) is 77.9 Å². The Morgan fingerprint density at radius 2 is 2.14 bits per heavy atom. The minimum atomic E-state index is -0.976. The van der Waals surface area contributed by atoms with E-state index < -0.39 is 12.0 Å². The average Bonchev–Trinajstić information content (AvgIpc) is 2.75. The lowest BCUT2D eigenvalue weighted by Gasteiger charge is -2.26. The maximum Gasteiger partial charge on any atom is 0.335 e. The Hall–Kier alpha value is -2.21. The minimum absolute atomic E-state index is 0.171. The van der Waals surface area contributed by atoms with Gasteiger partial charge >= 0.3 is 5.97 Å². The van der Waals surface area contributed by atoms with E-state index in [2.05, 4.69) is 0 Å². The molecule has 2 amide bonds. The zero-order chi connectivity index (χ0) is 16.3. The molecule has 1 aromatic rings. The average molecular weight is 304 g/mol. The second-order valence-corrected chi connectivity index (χ2v) is 5.49. The van der Waals surface area contributed by atoms with Crippen molar-refractivity contribution >= 4 is 17.8 Å². The molecule has 1 atom stereocenters. The number of amides is 2. The largest absolute Gasteiger partial charge is 0.478 e. The summed E-state index contributed by atoms with van der Waals surface area (Å²) in [7, 11) is 1.50. The third kappa shape index (κ3) is 3.33. The van der Waals surface area contributed by atoms with Gasteiger partial charge in [0.25, 0.3) is 0 Å². The summed E-state index contributed by atoms with van der Waals surface area (Å²) in [5.41, 5.74) is 1.04. The van der Waals surface area contributed by atoms with Gasteiger partial charge in [0.1, 0.15) is 0 Å². The van der Waals surface area contributed by atoms with E-state index >= 15 is 0 Å². The second-order valence-electron chi connectivity index (χ2n) is 5.49. The summed E-state index contributed by atoms with van der Waals surface area (Å²) < 4.78 is 0. The summed E-state index contributed by atoms with van der Waals surface area (Å²) in [5.74, 6) is -1.33. The molecule has 1 heterocycles. The van der Waals surface area contributed by atoms with Crippen LogP contribution < -0.4 is 0 Å². The van der Waals surface area contributed by atoms with Crippen LogP contribution in [0.5, 0.6) is 0 Å². The van der Waals surface area contributed by atoms with E-state index in [0.717, 1.165) is 12.0 Å². The summed E-state index contributed by atoms with van der Waals surface area (Å²) in [6.45, 7) is 3.13. The summed E-state index contributed by atoms with van der Waals surface area (Å²) in [4.78, 5) is 38.0. The molecule has 6 heteroatoms. The number of carbonyl (C=O) groups excluding carboxylic acids is 2. The van der Waals surface area contributed by atoms with Gasteiger partial charge in [0.05, 0.1) is 18.0 Å². The lowest BCUT2D eigenvalue weighted by molar-refractivity contribution is -0.138. The molecular weight excluding hydrogens is 284 g/mol. The van der Waals surface area contributed by atoms with Gasteiger partial charge in [-0.3, -0.25) is 19.4 Å².